The van der Waals surface area contributed by atoms with Gasteiger partial charge in [0, 0.05) is 6.42 Å². The third kappa shape index (κ3) is 22.5. The van der Waals surface area contributed by atoms with Crippen LogP contribution in [0.2, 0.25) is 0 Å². The van der Waals surface area contributed by atoms with Gasteiger partial charge in [-0.25, -0.2) is 0 Å². The second-order valence-electron chi connectivity index (χ2n) is 19.3. The Morgan fingerprint density at radius 2 is 0.958 bits per heavy atom. The average molecular weight is 1030 g/mol. The maximum absolute atomic E-state index is 13.2. The summed E-state index contributed by atoms with van der Waals surface area (Å²) in [5, 5.41) is 120. The number of allylic oxidation sites excluding steroid dienone is 7. The molecule has 3 saturated heterocycles. The molecular formula is C53H93NO18. The van der Waals surface area contributed by atoms with Gasteiger partial charge in [0.15, 0.2) is 18.9 Å². The van der Waals surface area contributed by atoms with Crippen LogP contribution in [0, 0.1) is 0 Å². The van der Waals surface area contributed by atoms with Crippen LogP contribution in [0.25, 0.3) is 0 Å². The Kier molecular flexibility index (Phi) is 33.3. The molecule has 0 aromatic heterocycles. The smallest absolute Gasteiger partial charge is 0.220 e. The average Bonchev–Trinajstić information content (AvgIpc) is 3.37. The van der Waals surface area contributed by atoms with Gasteiger partial charge in [-0.3, -0.25) is 4.79 Å². The van der Waals surface area contributed by atoms with Gasteiger partial charge in [0.1, 0.15) is 73.2 Å². The third-order valence-corrected chi connectivity index (χ3v) is 13.4. The lowest BCUT2D eigenvalue weighted by atomic mass is 9.96. The molecule has 3 fully saturated rings. The summed E-state index contributed by atoms with van der Waals surface area (Å²) in [6, 6.07) is -0.987. The predicted octanol–water partition coefficient (Wildman–Crippen LogP) is 2.75. The number of amides is 1. The highest BCUT2D eigenvalue weighted by Gasteiger charge is 2.53. The predicted molar refractivity (Wildman–Crippen MR) is 268 cm³/mol. The molecule has 12 N–H and O–H groups in total. The molecule has 0 saturated carbocycles. The van der Waals surface area contributed by atoms with Gasteiger partial charge in [-0.2, -0.15) is 0 Å². The molecule has 3 heterocycles. The normalized spacial score (nSPS) is 32.4. The molecule has 418 valence electrons. The van der Waals surface area contributed by atoms with E-state index in [1.165, 1.54) is 57.8 Å². The largest absolute Gasteiger partial charge is 0.394 e. The lowest BCUT2D eigenvalue weighted by Crippen LogP contribution is -2.66. The minimum atomic E-state index is -1.98. The maximum atomic E-state index is 13.2. The molecule has 3 rings (SSSR count). The van der Waals surface area contributed by atoms with Crippen molar-refractivity contribution in [3.8, 4) is 0 Å². The molecule has 1 amide bonds. The fourth-order valence-corrected chi connectivity index (χ4v) is 8.91. The van der Waals surface area contributed by atoms with E-state index in [0.29, 0.717) is 6.42 Å². The van der Waals surface area contributed by atoms with Crippen molar-refractivity contribution in [3.63, 3.8) is 0 Å². The van der Waals surface area contributed by atoms with Crippen molar-refractivity contribution >= 4 is 5.91 Å². The van der Waals surface area contributed by atoms with Gasteiger partial charge < -0.3 is 89.9 Å². The Balaban J connectivity index is 1.57. The monoisotopic (exact) mass is 1030 g/mol. The van der Waals surface area contributed by atoms with Crippen LogP contribution in [0.1, 0.15) is 149 Å². The van der Waals surface area contributed by atoms with E-state index in [-0.39, 0.29) is 18.9 Å². The van der Waals surface area contributed by atoms with Gasteiger partial charge in [-0.1, -0.05) is 140 Å². The van der Waals surface area contributed by atoms with E-state index in [1.807, 2.05) is 6.08 Å². The first-order valence-corrected chi connectivity index (χ1v) is 26.9. The van der Waals surface area contributed by atoms with Gasteiger partial charge >= 0.3 is 0 Å². The number of nitrogens with one attached hydrogen (secondary N) is 1. The van der Waals surface area contributed by atoms with Gasteiger partial charge in [0.2, 0.25) is 5.91 Å². The van der Waals surface area contributed by atoms with Crippen LogP contribution >= 0.6 is 0 Å². The standard InChI is InChI=1S/C53H93NO18/c1-3-5-7-9-11-13-15-17-19-20-22-24-26-28-30-37(58)36(54-41(59)31-29-27-25-23-21-18-16-14-12-10-8-6-4-2)35-67-51-47(65)44(62)49(39(33-56)69-51)72-53-48(66)45(63)50(40(34-57)70-53)71-52-46(64)43(61)42(60)38(32-55)68-52/h6,8,12,14,18,21,28,30,36-40,42-53,55-58,60-66H,3-5,7,9-11,13,15-17,19-20,22-27,29,31-35H2,1-2H3,(H,54,59)/b8-6-,14-12-,21-18-,30-28+. The lowest BCUT2D eigenvalue weighted by Gasteiger charge is -2.48. The molecule has 0 aromatic carbocycles. The minimum Gasteiger partial charge on any atom is -0.394 e. The fourth-order valence-electron chi connectivity index (χ4n) is 8.91. The highest BCUT2D eigenvalue weighted by Crippen LogP contribution is 2.33. The van der Waals surface area contributed by atoms with Crippen LogP contribution in [0.5, 0.6) is 0 Å². The summed E-state index contributed by atoms with van der Waals surface area (Å²) in [6.45, 7) is 1.54. The van der Waals surface area contributed by atoms with Crippen molar-refractivity contribution < 1.29 is 89.4 Å². The van der Waals surface area contributed by atoms with Crippen molar-refractivity contribution in [3.05, 3.63) is 48.6 Å². The van der Waals surface area contributed by atoms with E-state index >= 15 is 0 Å². The Labute approximate surface area is 427 Å². The Morgan fingerprint density at radius 1 is 0.514 bits per heavy atom. The maximum Gasteiger partial charge on any atom is 0.220 e. The Bertz CT molecular complexity index is 1520. The van der Waals surface area contributed by atoms with Crippen molar-refractivity contribution in [2.75, 3.05) is 26.4 Å². The second-order valence-corrected chi connectivity index (χ2v) is 19.3. The van der Waals surface area contributed by atoms with Crippen molar-refractivity contribution in [2.24, 2.45) is 0 Å². The molecular weight excluding hydrogens is 939 g/mol. The molecule has 17 atom stereocenters. The van der Waals surface area contributed by atoms with Crippen LogP contribution in [-0.2, 0) is 33.2 Å². The molecule has 72 heavy (non-hydrogen) atoms. The van der Waals surface area contributed by atoms with E-state index < -0.39 is 124 Å². The molecule has 0 spiro atoms. The minimum absolute atomic E-state index is 0.206. The number of hydrogen-bond donors (Lipinski definition) is 12. The Hall–Kier alpha value is -2.25. The summed E-state index contributed by atoms with van der Waals surface area (Å²) in [5.41, 5.74) is 0. The van der Waals surface area contributed by atoms with Crippen molar-refractivity contribution in [1.29, 1.82) is 0 Å². The number of aliphatic hydroxyl groups is 11. The molecule has 19 nitrogen and oxygen atoms in total. The number of hydrogen-bond acceptors (Lipinski definition) is 18. The first-order chi connectivity index (χ1) is 34.8. The molecule has 0 aliphatic carbocycles. The highest BCUT2D eigenvalue weighted by molar-refractivity contribution is 5.76. The van der Waals surface area contributed by atoms with Crippen molar-refractivity contribution in [1.82, 2.24) is 5.32 Å². The van der Waals surface area contributed by atoms with E-state index in [1.54, 1.807) is 6.08 Å². The number of carbonyl (C=O) groups excluding carboxylic acids is 1. The van der Waals surface area contributed by atoms with Crippen LogP contribution in [0.15, 0.2) is 48.6 Å². The molecule has 3 aliphatic rings. The van der Waals surface area contributed by atoms with Crippen LogP contribution in [0.3, 0.4) is 0 Å². The summed E-state index contributed by atoms with van der Waals surface area (Å²) in [4.78, 5) is 13.2. The van der Waals surface area contributed by atoms with Gasteiger partial charge in [-0.15, -0.1) is 0 Å². The van der Waals surface area contributed by atoms with Crippen LogP contribution < -0.4 is 5.32 Å². The summed E-state index contributed by atoms with van der Waals surface area (Å²) >= 11 is 0. The zero-order valence-electron chi connectivity index (χ0n) is 42.9. The van der Waals surface area contributed by atoms with Crippen molar-refractivity contribution in [2.45, 2.75) is 253 Å². The number of unbranched alkanes of at least 4 members (excludes halogenated alkanes) is 15. The zero-order valence-corrected chi connectivity index (χ0v) is 42.9. The fraction of sp³-hybridized carbons (Fsp3) is 0.830. The molecule has 0 aromatic rings. The number of ether oxygens (including phenoxy) is 6. The zero-order chi connectivity index (χ0) is 52.7. The summed E-state index contributed by atoms with van der Waals surface area (Å²) < 4.78 is 34.1. The van der Waals surface area contributed by atoms with Gasteiger partial charge in [0.05, 0.1) is 38.6 Å². The lowest BCUT2D eigenvalue weighted by molar-refractivity contribution is -0.379. The molecule has 19 heteroatoms. The number of carbonyl (C=O) groups is 1. The molecule has 0 radical (unpaired) electrons. The summed E-state index contributed by atoms with van der Waals surface area (Å²) in [6.07, 6.45) is 11.1. The van der Waals surface area contributed by atoms with E-state index in [4.69, 9.17) is 28.4 Å². The first kappa shape index (κ1) is 64.0. The third-order valence-electron chi connectivity index (χ3n) is 13.4. The second kappa shape index (κ2) is 37.5. The van der Waals surface area contributed by atoms with Crippen LogP contribution in [0.4, 0.5) is 0 Å². The number of rotatable bonds is 37. The highest BCUT2D eigenvalue weighted by atomic mass is 16.8. The SMILES string of the molecule is CC/C=C\C/C=C\C/C=C\CCCCCC(=O)NC(COC1OC(CO)C(OC2OC(CO)C(OC3OC(CO)C(O)C(O)C3O)C(O)C2O)C(O)C1O)C(O)/C=C/CCCCCCCCCCCCCC. The quantitative estimate of drug-likeness (QED) is 0.0315. The molecule has 0 bridgehead atoms. The number of aliphatic hydroxyl groups excluding tert-OH is 11. The molecule has 17 unspecified atom stereocenters. The van der Waals surface area contributed by atoms with Crippen LogP contribution in [-0.4, -0.2) is 193 Å². The van der Waals surface area contributed by atoms with E-state index in [0.717, 1.165) is 64.2 Å². The summed E-state index contributed by atoms with van der Waals surface area (Å²) in [7, 11) is 0. The van der Waals surface area contributed by atoms with Gasteiger partial charge in [0.25, 0.3) is 0 Å². The summed E-state index contributed by atoms with van der Waals surface area (Å²) in [5.74, 6) is -0.308. The first-order valence-electron chi connectivity index (χ1n) is 26.9. The van der Waals surface area contributed by atoms with E-state index in [2.05, 4.69) is 55.6 Å². The van der Waals surface area contributed by atoms with E-state index in [9.17, 15) is 61.0 Å². The van der Waals surface area contributed by atoms with Gasteiger partial charge in [-0.05, 0) is 51.4 Å². The topological polar surface area (TPSA) is 307 Å². The Morgan fingerprint density at radius 3 is 1.50 bits per heavy atom. The molecule has 3 aliphatic heterocycles.